The summed E-state index contributed by atoms with van der Waals surface area (Å²) in [6.07, 6.45) is 2.81. The van der Waals surface area contributed by atoms with Gasteiger partial charge in [-0.1, -0.05) is 36.4 Å². The largest absolute Gasteiger partial charge is 0.446 e. The van der Waals surface area contributed by atoms with Crippen molar-refractivity contribution in [2.75, 3.05) is 19.6 Å². The van der Waals surface area contributed by atoms with Crippen LogP contribution in [0.2, 0.25) is 0 Å². The minimum absolute atomic E-state index is 0.125. The van der Waals surface area contributed by atoms with Crippen LogP contribution in [0.4, 0.5) is 13.6 Å². The Morgan fingerprint density at radius 1 is 1.07 bits per heavy atom. The lowest BCUT2D eigenvalue weighted by atomic mass is 10.0. The minimum Gasteiger partial charge on any atom is -0.446 e. The molecule has 2 aliphatic heterocycles. The van der Waals surface area contributed by atoms with Gasteiger partial charge in [-0.15, -0.1) is 0 Å². The molecule has 2 aromatic rings. The fourth-order valence-corrected chi connectivity index (χ4v) is 3.76. The molecular formula is C22H22F2N2O2. The number of piperidine rings is 1. The molecular weight excluding hydrogens is 362 g/mol. The van der Waals surface area contributed by atoms with Crippen molar-refractivity contribution in [2.24, 2.45) is 0 Å². The zero-order valence-electron chi connectivity index (χ0n) is 15.4. The number of benzene rings is 2. The highest BCUT2D eigenvalue weighted by atomic mass is 19.1. The smallest absolute Gasteiger partial charge is 0.411 e. The van der Waals surface area contributed by atoms with Crippen molar-refractivity contribution in [3.63, 3.8) is 0 Å². The Hall–Kier alpha value is -2.73. The Bertz CT molecular complexity index is 879. The first-order valence-corrected chi connectivity index (χ1v) is 9.51. The molecule has 1 atom stereocenters. The summed E-state index contributed by atoms with van der Waals surface area (Å²) in [4.78, 5) is 14.5. The van der Waals surface area contributed by atoms with Crippen LogP contribution in [0, 0.1) is 11.6 Å². The van der Waals surface area contributed by atoms with Crippen molar-refractivity contribution in [1.82, 2.24) is 10.2 Å². The standard InChI is InChI=1S/C22H22F2N2O2/c23-17-6-7-20(24)19(13-17)16-12-21(15-4-2-1-3-5-15)26(14-16)22(27)28-18-8-10-25-11-9-18/h1-7,12-13,18,21,25H,8-11,14H2. The van der Waals surface area contributed by atoms with Gasteiger partial charge in [-0.05, 0) is 55.3 Å². The van der Waals surface area contributed by atoms with Gasteiger partial charge in [-0.25, -0.2) is 13.6 Å². The van der Waals surface area contributed by atoms with Crippen LogP contribution in [-0.2, 0) is 4.74 Å². The van der Waals surface area contributed by atoms with Crippen LogP contribution in [0.3, 0.4) is 0 Å². The summed E-state index contributed by atoms with van der Waals surface area (Å²) in [6.45, 7) is 1.81. The van der Waals surface area contributed by atoms with Crippen LogP contribution < -0.4 is 5.32 Å². The Labute approximate surface area is 162 Å². The third-order valence-electron chi connectivity index (χ3n) is 5.24. The van der Waals surface area contributed by atoms with Gasteiger partial charge in [0.25, 0.3) is 0 Å². The second kappa shape index (κ2) is 8.10. The van der Waals surface area contributed by atoms with Gasteiger partial charge < -0.3 is 10.1 Å². The lowest BCUT2D eigenvalue weighted by molar-refractivity contribution is 0.0482. The number of nitrogens with one attached hydrogen (secondary N) is 1. The minimum atomic E-state index is -0.510. The van der Waals surface area contributed by atoms with Crippen molar-refractivity contribution in [2.45, 2.75) is 25.0 Å². The summed E-state index contributed by atoms with van der Waals surface area (Å²) in [5.74, 6) is -1.02. The lowest BCUT2D eigenvalue weighted by Gasteiger charge is -2.29. The Morgan fingerprint density at radius 3 is 2.57 bits per heavy atom. The topological polar surface area (TPSA) is 41.6 Å². The van der Waals surface area contributed by atoms with Crippen LogP contribution in [0.5, 0.6) is 0 Å². The normalized spacial score (nSPS) is 20.1. The van der Waals surface area contributed by atoms with E-state index in [-0.39, 0.29) is 24.3 Å². The first-order valence-electron chi connectivity index (χ1n) is 9.51. The van der Waals surface area contributed by atoms with Crippen LogP contribution in [-0.4, -0.2) is 36.7 Å². The third-order valence-corrected chi connectivity index (χ3v) is 5.24. The van der Waals surface area contributed by atoms with E-state index < -0.39 is 17.7 Å². The molecule has 0 bridgehead atoms. The lowest BCUT2D eigenvalue weighted by Crippen LogP contribution is -2.39. The zero-order chi connectivity index (χ0) is 19.5. The van der Waals surface area contributed by atoms with E-state index >= 15 is 0 Å². The molecule has 0 aliphatic carbocycles. The first kappa shape index (κ1) is 18.6. The molecule has 4 nitrogen and oxygen atoms in total. The maximum Gasteiger partial charge on any atom is 0.411 e. The van der Waals surface area contributed by atoms with Gasteiger partial charge in [-0.3, -0.25) is 4.90 Å². The number of hydrogen-bond acceptors (Lipinski definition) is 3. The summed E-state index contributed by atoms with van der Waals surface area (Å²) < 4.78 is 33.7. The highest BCUT2D eigenvalue weighted by Crippen LogP contribution is 2.36. The maximum atomic E-state index is 14.3. The molecule has 1 N–H and O–H groups in total. The summed E-state index contributed by atoms with van der Waals surface area (Å²) in [7, 11) is 0. The molecule has 0 radical (unpaired) electrons. The van der Waals surface area contributed by atoms with Crippen molar-refractivity contribution in [3.8, 4) is 0 Å². The number of amides is 1. The van der Waals surface area contributed by atoms with E-state index in [1.807, 2.05) is 36.4 Å². The highest BCUT2D eigenvalue weighted by Gasteiger charge is 2.34. The van der Waals surface area contributed by atoms with Crippen LogP contribution in [0.1, 0.15) is 30.0 Å². The van der Waals surface area contributed by atoms with Crippen molar-refractivity contribution < 1.29 is 18.3 Å². The average molecular weight is 384 g/mol. The predicted octanol–water partition coefficient (Wildman–Crippen LogP) is 4.29. The Morgan fingerprint density at radius 2 is 1.82 bits per heavy atom. The van der Waals surface area contributed by atoms with Gasteiger partial charge in [0.1, 0.15) is 17.7 Å². The van der Waals surface area contributed by atoms with Gasteiger partial charge in [0, 0.05) is 5.56 Å². The molecule has 2 aromatic carbocycles. The summed E-state index contributed by atoms with van der Waals surface area (Å²) in [6, 6.07) is 12.5. The number of carbonyl (C=O) groups excluding carboxylic acids is 1. The number of rotatable bonds is 3. The summed E-state index contributed by atoms with van der Waals surface area (Å²) in [5.41, 5.74) is 1.66. The van der Waals surface area contributed by atoms with Crippen molar-refractivity contribution in [1.29, 1.82) is 0 Å². The van der Waals surface area contributed by atoms with Crippen LogP contribution in [0.15, 0.2) is 54.6 Å². The second-order valence-electron chi connectivity index (χ2n) is 7.13. The molecule has 2 aliphatic rings. The highest BCUT2D eigenvalue weighted by molar-refractivity contribution is 5.79. The Balaban J connectivity index is 1.62. The summed E-state index contributed by atoms with van der Waals surface area (Å²) in [5, 5.41) is 3.24. The van der Waals surface area contributed by atoms with Gasteiger partial charge >= 0.3 is 6.09 Å². The number of nitrogens with zero attached hydrogens (tertiary/aromatic N) is 1. The van der Waals surface area contributed by atoms with E-state index in [0.717, 1.165) is 43.6 Å². The number of halogens is 2. The predicted molar refractivity (Wildman–Crippen MR) is 103 cm³/mol. The second-order valence-corrected chi connectivity index (χ2v) is 7.13. The molecule has 1 saturated heterocycles. The molecule has 6 heteroatoms. The Kier molecular flexibility index (Phi) is 5.39. The molecule has 1 fully saturated rings. The number of hydrogen-bond donors (Lipinski definition) is 1. The van der Waals surface area contributed by atoms with Crippen molar-refractivity contribution >= 4 is 11.7 Å². The van der Waals surface area contributed by atoms with E-state index in [1.165, 1.54) is 6.07 Å². The van der Waals surface area contributed by atoms with Crippen molar-refractivity contribution in [3.05, 3.63) is 77.4 Å². The molecule has 28 heavy (non-hydrogen) atoms. The zero-order valence-corrected chi connectivity index (χ0v) is 15.4. The third kappa shape index (κ3) is 3.92. The van der Waals surface area contributed by atoms with E-state index in [4.69, 9.17) is 4.74 Å². The number of ether oxygens (including phenoxy) is 1. The number of carbonyl (C=O) groups is 1. The van der Waals surface area contributed by atoms with E-state index in [9.17, 15) is 13.6 Å². The van der Waals surface area contributed by atoms with E-state index in [2.05, 4.69) is 5.32 Å². The molecule has 0 aromatic heterocycles. The fraction of sp³-hybridized carbons (Fsp3) is 0.318. The van der Waals surface area contributed by atoms with E-state index in [0.29, 0.717) is 5.57 Å². The fourth-order valence-electron chi connectivity index (χ4n) is 3.76. The maximum absolute atomic E-state index is 14.3. The first-order chi connectivity index (χ1) is 13.6. The SMILES string of the molecule is O=C(OC1CCNCC1)N1CC(c2cc(F)ccc2F)=CC1c1ccccc1. The monoisotopic (exact) mass is 384 g/mol. The van der Waals surface area contributed by atoms with Gasteiger partial charge in [0.15, 0.2) is 0 Å². The molecule has 0 spiro atoms. The average Bonchev–Trinajstić information content (AvgIpc) is 3.17. The van der Waals surface area contributed by atoms with Gasteiger partial charge in [-0.2, -0.15) is 0 Å². The van der Waals surface area contributed by atoms with Crippen LogP contribution >= 0.6 is 0 Å². The molecule has 146 valence electrons. The molecule has 1 amide bonds. The molecule has 2 heterocycles. The van der Waals surface area contributed by atoms with Gasteiger partial charge in [0.2, 0.25) is 0 Å². The molecule has 0 saturated carbocycles. The van der Waals surface area contributed by atoms with E-state index in [1.54, 1.807) is 4.90 Å². The molecule has 4 rings (SSSR count). The van der Waals surface area contributed by atoms with Gasteiger partial charge in [0.05, 0.1) is 12.6 Å². The summed E-state index contributed by atoms with van der Waals surface area (Å²) >= 11 is 0. The molecule has 1 unspecified atom stereocenters. The van der Waals surface area contributed by atoms with Crippen LogP contribution in [0.25, 0.3) is 5.57 Å². The quantitative estimate of drug-likeness (QED) is 0.858.